The van der Waals surface area contributed by atoms with Gasteiger partial charge in [-0.05, 0) is 35.7 Å². The Morgan fingerprint density at radius 3 is 2.12 bits per heavy atom. The number of allylic oxidation sites excluding steroid dienone is 1. The molecule has 0 saturated heterocycles. The van der Waals surface area contributed by atoms with Gasteiger partial charge in [-0.3, -0.25) is 4.90 Å². The number of ether oxygens (including phenoxy) is 2. The standard InChI is InChI=1S/C27H26N2O4/c1-19-24(26(30)32-2)25(28-27(31)29(19)17-20-9-5-3-6-10-20)22-13-15-23(16-14-22)33-18-21-11-7-4-8-12-21/h3-16,25H,17-18H2,1-2H3,(H,28,31). The molecule has 0 radical (unpaired) electrons. The monoisotopic (exact) mass is 442 g/mol. The molecule has 1 heterocycles. The van der Waals surface area contributed by atoms with Crippen molar-refractivity contribution in [2.45, 2.75) is 26.1 Å². The number of hydrogen-bond acceptors (Lipinski definition) is 4. The van der Waals surface area contributed by atoms with E-state index in [4.69, 9.17) is 9.47 Å². The Balaban J connectivity index is 1.57. The first-order valence-electron chi connectivity index (χ1n) is 10.7. The number of esters is 1. The molecule has 3 aromatic rings. The molecule has 6 heteroatoms. The molecule has 2 amide bonds. The highest BCUT2D eigenvalue weighted by molar-refractivity contribution is 5.95. The third-order valence-corrected chi connectivity index (χ3v) is 5.65. The minimum Gasteiger partial charge on any atom is -0.489 e. The van der Waals surface area contributed by atoms with Gasteiger partial charge in [0.15, 0.2) is 0 Å². The van der Waals surface area contributed by atoms with Crippen molar-refractivity contribution in [1.82, 2.24) is 10.2 Å². The molecule has 168 valence electrons. The summed E-state index contributed by atoms with van der Waals surface area (Å²) in [5.74, 6) is 0.232. The van der Waals surface area contributed by atoms with E-state index in [-0.39, 0.29) is 6.03 Å². The predicted molar refractivity (Wildman–Crippen MR) is 125 cm³/mol. The molecule has 33 heavy (non-hydrogen) atoms. The molecule has 0 saturated carbocycles. The zero-order valence-corrected chi connectivity index (χ0v) is 18.7. The highest BCUT2D eigenvalue weighted by Crippen LogP contribution is 2.33. The molecule has 0 bridgehead atoms. The van der Waals surface area contributed by atoms with Crippen LogP contribution in [0.1, 0.15) is 29.7 Å². The number of methoxy groups -OCH3 is 1. The average Bonchev–Trinajstić information content (AvgIpc) is 2.86. The molecule has 4 rings (SSSR count). The van der Waals surface area contributed by atoms with Gasteiger partial charge in [-0.25, -0.2) is 9.59 Å². The maximum absolute atomic E-state index is 13.0. The summed E-state index contributed by atoms with van der Waals surface area (Å²) in [5.41, 5.74) is 3.80. The van der Waals surface area contributed by atoms with Crippen molar-refractivity contribution in [2.24, 2.45) is 0 Å². The minimum absolute atomic E-state index is 0.265. The normalized spacial score (nSPS) is 15.8. The molecule has 6 nitrogen and oxygen atoms in total. The predicted octanol–water partition coefficient (Wildman–Crippen LogP) is 4.98. The Morgan fingerprint density at radius 1 is 0.909 bits per heavy atom. The van der Waals surface area contributed by atoms with Crippen LogP contribution in [0.25, 0.3) is 0 Å². The van der Waals surface area contributed by atoms with Gasteiger partial charge in [0.25, 0.3) is 0 Å². The van der Waals surface area contributed by atoms with Crippen LogP contribution in [-0.4, -0.2) is 24.0 Å². The van der Waals surface area contributed by atoms with Gasteiger partial charge in [0, 0.05) is 5.70 Å². The van der Waals surface area contributed by atoms with Crippen LogP contribution in [-0.2, 0) is 22.7 Å². The zero-order chi connectivity index (χ0) is 23.2. The lowest BCUT2D eigenvalue weighted by molar-refractivity contribution is -0.136. The summed E-state index contributed by atoms with van der Waals surface area (Å²) in [6.07, 6.45) is 0. The molecule has 0 spiro atoms. The first-order valence-corrected chi connectivity index (χ1v) is 10.7. The fraction of sp³-hybridized carbons (Fsp3) is 0.185. The van der Waals surface area contributed by atoms with Crippen LogP contribution in [0.5, 0.6) is 5.75 Å². The Kier molecular flexibility index (Phi) is 6.74. The second kappa shape index (κ2) is 10.0. The van der Waals surface area contributed by atoms with Crippen LogP contribution in [0.15, 0.2) is 96.2 Å². The second-order valence-electron chi connectivity index (χ2n) is 7.79. The van der Waals surface area contributed by atoms with Crippen molar-refractivity contribution in [3.05, 3.63) is 113 Å². The van der Waals surface area contributed by atoms with E-state index >= 15 is 0 Å². The van der Waals surface area contributed by atoms with Crippen LogP contribution in [0.3, 0.4) is 0 Å². The molecule has 0 fully saturated rings. The number of carbonyl (C=O) groups excluding carboxylic acids is 2. The fourth-order valence-electron chi connectivity index (χ4n) is 3.86. The number of amides is 2. The molecule has 0 aromatic heterocycles. The van der Waals surface area contributed by atoms with Gasteiger partial charge in [0.05, 0.1) is 25.3 Å². The Morgan fingerprint density at radius 2 is 1.52 bits per heavy atom. The Labute approximate surface area is 193 Å². The van der Waals surface area contributed by atoms with Crippen molar-refractivity contribution >= 4 is 12.0 Å². The third kappa shape index (κ3) is 5.06. The van der Waals surface area contributed by atoms with Gasteiger partial charge in [-0.2, -0.15) is 0 Å². The number of urea groups is 1. The molecule has 3 aromatic carbocycles. The lowest BCUT2D eigenvalue weighted by Crippen LogP contribution is -2.47. The summed E-state index contributed by atoms with van der Waals surface area (Å²) < 4.78 is 10.9. The number of benzene rings is 3. The van der Waals surface area contributed by atoms with Crippen LogP contribution in [0.2, 0.25) is 0 Å². The van der Waals surface area contributed by atoms with Gasteiger partial charge in [-0.1, -0.05) is 72.8 Å². The molecule has 1 atom stereocenters. The lowest BCUT2D eigenvalue weighted by atomic mass is 9.94. The molecule has 1 N–H and O–H groups in total. The summed E-state index contributed by atoms with van der Waals surface area (Å²) >= 11 is 0. The van der Waals surface area contributed by atoms with Crippen LogP contribution >= 0.6 is 0 Å². The van der Waals surface area contributed by atoms with Gasteiger partial charge < -0.3 is 14.8 Å². The summed E-state index contributed by atoms with van der Waals surface area (Å²) in [4.78, 5) is 27.3. The van der Waals surface area contributed by atoms with E-state index in [0.29, 0.717) is 30.2 Å². The first-order chi connectivity index (χ1) is 16.1. The van der Waals surface area contributed by atoms with E-state index < -0.39 is 12.0 Å². The van der Waals surface area contributed by atoms with E-state index in [0.717, 1.165) is 16.7 Å². The highest BCUT2D eigenvalue weighted by Gasteiger charge is 2.36. The van der Waals surface area contributed by atoms with Gasteiger partial charge in [0.2, 0.25) is 0 Å². The van der Waals surface area contributed by atoms with E-state index in [1.807, 2.05) is 84.9 Å². The Bertz CT molecular complexity index is 1140. The van der Waals surface area contributed by atoms with E-state index in [9.17, 15) is 9.59 Å². The van der Waals surface area contributed by atoms with Gasteiger partial charge in [0.1, 0.15) is 12.4 Å². The summed E-state index contributed by atoms with van der Waals surface area (Å²) in [6.45, 7) is 2.59. The van der Waals surface area contributed by atoms with E-state index in [2.05, 4.69) is 5.32 Å². The number of nitrogens with zero attached hydrogens (tertiary/aromatic N) is 1. The molecule has 0 aliphatic carbocycles. The smallest absolute Gasteiger partial charge is 0.337 e. The molecular weight excluding hydrogens is 416 g/mol. The van der Waals surface area contributed by atoms with Crippen molar-refractivity contribution in [1.29, 1.82) is 0 Å². The zero-order valence-electron chi connectivity index (χ0n) is 18.7. The lowest BCUT2D eigenvalue weighted by Gasteiger charge is -2.35. The molecule has 1 aliphatic heterocycles. The van der Waals surface area contributed by atoms with E-state index in [1.165, 1.54) is 7.11 Å². The average molecular weight is 443 g/mol. The quantitative estimate of drug-likeness (QED) is 0.524. The van der Waals surface area contributed by atoms with Crippen molar-refractivity contribution in [3.8, 4) is 5.75 Å². The fourth-order valence-corrected chi connectivity index (χ4v) is 3.86. The summed E-state index contributed by atoms with van der Waals surface area (Å²) in [6, 6.07) is 26.1. The van der Waals surface area contributed by atoms with Crippen molar-refractivity contribution < 1.29 is 19.1 Å². The van der Waals surface area contributed by atoms with Crippen LogP contribution < -0.4 is 10.1 Å². The van der Waals surface area contributed by atoms with Gasteiger partial charge >= 0.3 is 12.0 Å². The number of rotatable bonds is 7. The largest absolute Gasteiger partial charge is 0.489 e. The molecule has 1 unspecified atom stereocenters. The minimum atomic E-state index is -0.611. The summed E-state index contributed by atoms with van der Waals surface area (Å²) in [5, 5.41) is 2.96. The van der Waals surface area contributed by atoms with E-state index in [1.54, 1.807) is 11.8 Å². The van der Waals surface area contributed by atoms with Gasteiger partial charge in [-0.15, -0.1) is 0 Å². The first kappa shape index (κ1) is 22.1. The topological polar surface area (TPSA) is 67.9 Å². The Hall–Kier alpha value is -4.06. The number of carbonyl (C=O) groups is 2. The van der Waals surface area contributed by atoms with Crippen LogP contribution in [0.4, 0.5) is 4.79 Å². The third-order valence-electron chi connectivity index (χ3n) is 5.65. The molecular formula is C27H26N2O4. The van der Waals surface area contributed by atoms with Crippen molar-refractivity contribution in [3.63, 3.8) is 0 Å². The number of hydrogen-bond donors (Lipinski definition) is 1. The maximum Gasteiger partial charge on any atom is 0.337 e. The van der Waals surface area contributed by atoms with Crippen molar-refractivity contribution in [2.75, 3.05) is 7.11 Å². The summed E-state index contributed by atoms with van der Waals surface area (Å²) in [7, 11) is 1.35. The highest BCUT2D eigenvalue weighted by atomic mass is 16.5. The molecule has 1 aliphatic rings. The number of nitrogens with one attached hydrogen (secondary N) is 1. The second-order valence-corrected chi connectivity index (χ2v) is 7.79. The SMILES string of the molecule is COC(=O)C1=C(C)N(Cc2ccccc2)C(=O)NC1c1ccc(OCc2ccccc2)cc1. The maximum atomic E-state index is 13.0. The van der Waals surface area contributed by atoms with Crippen LogP contribution in [0, 0.1) is 0 Å².